The van der Waals surface area contributed by atoms with Crippen LogP contribution < -0.4 is 0 Å². The summed E-state index contributed by atoms with van der Waals surface area (Å²) in [6.45, 7) is 3.33. The first-order chi connectivity index (χ1) is 6.29. The van der Waals surface area contributed by atoms with E-state index < -0.39 is 0 Å². The molecular weight excluding hydrogens is 158 g/mol. The Morgan fingerprint density at radius 2 is 2.00 bits per heavy atom. The van der Waals surface area contributed by atoms with Crippen molar-refractivity contribution in [2.24, 2.45) is 0 Å². The summed E-state index contributed by atoms with van der Waals surface area (Å²) >= 11 is 0. The molecular formula is C12H15N. The number of hydrogen-bond donors (Lipinski definition) is 0. The van der Waals surface area contributed by atoms with Crippen LogP contribution in [0.25, 0.3) is 5.70 Å². The average Bonchev–Trinajstić information content (AvgIpc) is 2.52. The Bertz CT molecular complexity index is 339. The lowest BCUT2D eigenvalue weighted by Gasteiger charge is -2.17. The molecule has 1 aliphatic rings. The second-order valence-corrected chi connectivity index (χ2v) is 3.61. The summed E-state index contributed by atoms with van der Waals surface area (Å²) in [5, 5.41) is 0. The highest BCUT2D eigenvalue weighted by atomic mass is 15.1. The first-order valence-electron chi connectivity index (χ1n) is 4.76. The van der Waals surface area contributed by atoms with Gasteiger partial charge in [0, 0.05) is 24.9 Å². The van der Waals surface area contributed by atoms with Crippen LogP contribution in [0, 0.1) is 6.92 Å². The fourth-order valence-electron chi connectivity index (χ4n) is 1.85. The lowest BCUT2D eigenvalue weighted by atomic mass is 10.1. The van der Waals surface area contributed by atoms with Crippen LogP contribution in [0.4, 0.5) is 0 Å². The van der Waals surface area contributed by atoms with Crippen LogP contribution in [-0.2, 0) is 0 Å². The maximum atomic E-state index is 2.32. The van der Waals surface area contributed by atoms with Crippen molar-refractivity contribution < 1.29 is 0 Å². The predicted molar refractivity (Wildman–Crippen MR) is 56.4 cm³/mol. The molecule has 2 rings (SSSR count). The van der Waals surface area contributed by atoms with E-state index in [4.69, 9.17) is 0 Å². The third-order valence-electron chi connectivity index (χ3n) is 2.63. The van der Waals surface area contributed by atoms with Crippen LogP contribution in [0.2, 0.25) is 0 Å². The van der Waals surface area contributed by atoms with Crippen LogP contribution in [0.1, 0.15) is 17.5 Å². The maximum absolute atomic E-state index is 2.32. The number of benzene rings is 1. The third-order valence-corrected chi connectivity index (χ3v) is 2.63. The van der Waals surface area contributed by atoms with E-state index in [1.807, 2.05) is 0 Å². The minimum Gasteiger partial charge on any atom is -0.374 e. The van der Waals surface area contributed by atoms with Crippen molar-refractivity contribution in [3.63, 3.8) is 0 Å². The Hall–Kier alpha value is -1.24. The van der Waals surface area contributed by atoms with Crippen molar-refractivity contribution >= 4 is 5.70 Å². The molecule has 0 fully saturated rings. The monoisotopic (exact) mass is 173 g/mol. The van der Waals surface area contributed by atoms with E-state index in [2.05, 4.69) is 49.2 Å². The lowest BCUT2D eigenvalue weighted by molar-refractivity contribution is 0.517. The molecule has 0 bridgehead atoms. The van der Waals surface area contributed by atoms with Gasteiger partial charge in [0.05, 0.1) is 0 Å². The standard InChI is InChI=1S/C12H15N/c1-10-6-3-4-7-11(10)12-8-5-9-13(12)2/h3-4,6-8H,5,9H2,1-2H3. The molecule has 13 heavy (non-hydrogen) atoms. The molecule has 0 saturated carbocycles. The second kappa shape index (κ2) is 3.25. The normalized spacial score (nSPS) is 16.2. The van der Waals surface area contributed by atoms with Gasteiger partial charge in [0.2, 0.25) is 0 Å². The molecule has 68 valence electrons. The molecule has 1 aromatic rings. The van der Waals surface area contributed by atoms with E-state index in [9.17, 15) is 0 Å². The topological polar surface area (TPSA) is 3.24 Å². The molecule has 1 heteroatoms. The van der Waals surface area contributed by atoms with Gasteiger partial charge in [-0.05, 0) is 18.9 Å². The molecule has 0 atom stereocenters. The van der Waals surface area contributed by atoms with E-state index in [1.165, 1.54) is 23.2 Å². The van der Waals surface area contributed by atoms with Gasteiger partial charge in [-0.15, -0.1) is 0 Å². The van der Waals surface area contributed by atoms with Crippen molar-refractivity contribution in [3.05, 3.63) is 41.5 Å². The van der Waals surface area contributed by atoms with E-state index in [-0.39, 0.29) is 0 Å². The van der Waals surface area contributed by atoms with E-state index in [0.29, 0.717) is 0 Å². The Labute approximate surface area is 79.7 Å². The smallest absolute Gasteiger partial charge is 0.0400 e. The quantitative estimate of drug-likeness (QED) is 0.631. The first-order valence-corrected chi connectivity index (χ1v) is 4.76. The van der Waals surface area contributed by atoms with Crippen LogP contribution in [0.15, 0.2) is 30.3 Å². The molecule has 0 radical (unpaired) electrons. The summed E-state index contributed by atoms with van der Waals surface area (Å²) < 4.78 is 0. The van der Waals surface area contributed by atoms with Gasteiger partial charge in [-0.25, -0.2) is 0 Å². The largest absolute Gasteiger partial charge is 0.374 e. The highest BCUT2D eigenvalue weighted by Crippen LogP contribution is 2.25. The Kier molecular flexibility index (Phi) is 2.09. The summed E-state index contributed by atoms with van der Waals surface area (Å²) in [4.78, 5) is 2.32. The van der Waals surface area contributed by atoms with Gasteiger partial charge in [-0.1, -0.05) is 30.3 Å². The molecule has 0 unspecified atom stereocenters. The van der Waals surface area contributed by atoms with Gasteiger partial charge >= 0.3 is 0 Å². The Morgan fingerprint density at radius 1 is 1.23 bits per heavy atom. The second-order valence-electron chi connectivity index (χ2n) is 3.61. The minimum absolute atomic E-state index is 1.16. The van der Waals surface area contributed by atoms with Crippen molar-refractivity contribution in [1.82, 2.24) is 4.90 Å². The maximum Gasteiger partial charge on any atom is 0.0400 e. The van der Waals surface area contributed by atoms with Crippen LogP contribution in [0.5, 0.6) is 0 Å². The first kappa shape index (κ1) is 8.36. The Morgan fingerprint density at radius 3 is 2.62 bits per heavy atom. The summed E-state index contributed by atoms with van der Waals surface area (Å²) in [5.41, 5.74) is 4.13. The molecule has 1 aromatic carbocycles. The predicted octanol–water partition coefficient (Wildman–Crippen LogP) is 2.67. The average molecular weight is 173 g/mol. The van der Waals surface area contributed by atoms with Gasteiger partial charge in [0.1, 0.15) is 0 Å². The zero-order valence-electron chi connectivity index (χ0n) is 8.25. The Balaban J connectivity index is 2.40. The molecule has 1 aliphatic heterocycles. The van der Waals surface area contributed by atoms with E-state index in [0.717, 1.165) is 6.54 Å². The van der Waals surface area contributed by atoms with Gasteiger partial charge < -0.3 is 4.90 Å². The number of hydrogen-bond acceptors (Lipinski definition) is 1. The fraction of sp³-hybridized carbons (Fsp3) is 0.333. The van der Waals surface area contributed by atoms with Crippen molar-refractivity contribution in [1.29, 1.82) is 0 Å². The lowest BCUT2D eigenvalue weighted by Crippen LogP contribution is -2.12. The van der Waals surface area contributed by atoms with E-state index in [1.54, 1.807) is 0 Å². The van der Waals surface area contributed by atoms with Gasteiger partial charge in [-0.2, -0.15) is 0 Å². The van der Waals surface area contributed by atoms with Gasteiger partial charge in [0.15, 0.2) is 0 Å². The summed E-state index contributed by atoms with van der Waals surface area (Å²) in [7, 11) is 2.16. The van der Waals surface area contributed by atoms with Crippen LogP contribution >= 0.6 is 0 Å². The molecule has 0 saturated heterocycles. The highest BCUT2D eigenvalue weighted by Gasteiger charge is 2.13. The van der Waals surface area contributed by atoms with E-state index >= 15 is 0 Å². The highest BCUT2D eigenvalue weighted by molar-refractivity contribution is 5.68. The van der Waals surface area contributed by atoms with Crippen LogP contribution in [-0.4, -0.2) is 18.5 Å². The molecule has 0 aliphatic carbocycles. The van der Waals surface area contributed by atoms with Gasteiger partial charge in [0.25, 0.3) is 0 Å². The molecule has 1 nitrogen and oxygen atoms in total. The van der Waals surface area contributed by atoms with Gasteiger partial charge in [-0.3, -0.25) is 0 Å². The zero-order valence-corrected chi connectivity index (χ0v) is 8.25. The minimum atomic E-state index is 1.16. The molecule has 0 aromatic heterocycles. The number of aryl methyl sites for hydroxylation is 1. The SMILES string of the molecule is Cc1ccccc1C1=CCCN1C. The molecule has 0 amide bonds. The van der Waals surface area contributed by atoms with Crippen molar-refractivity contribution in [3.8, 4) is 0 Å². The molecule has 0 N–H and O–H groups in total. The molecule has 0 spiro atoms. The summed E-state index contributed by atoms with van der Waals surface area (Å²) in [6, 6.07) is 8.56. The molecule has 1 heterocycles. The fourth-order valence-corrected chi connectivity index (χ4v) is 1.85. The summed E-state index contributed by atoms with van der Waals surface area (Å²) in [5.74, 6) is 0. The number of nitrogens with zero attached hydrogens (tertiary/aromatic N) is 1. The van der Waals surface area contributed by atoms with Crippen molar-refractivity contribution in [2.75, 3.05) is 13.6 Å². The van der Waals surface area contributed by atoms with Crippen molar-refractivity contribution in [2.45, 2.75) is 13.3 Å². The number of rotatable bonds is 1. The third kappa shape index (κ3) is 1.46. The van der Waals surface area contributed by atoms with Crippen LogP contribution in [0.3, 0.4) is 0 Å². The summed E-state index contributed by atoms with van der Waals surface area (Å²) in [6.07, 6.45) is 3.50. The zero-order chi connectivity index (χ0) is 9.26.